The van der Waals surface area contributed by atoms with Gasteiger partial charge in [0.2, 0.25) is 11.8 Å². The number of fused-ring (bicyclic) bond motifs is 1. The van der Waals surface area contributed by atoms with Crippen LogP contribution in [0.5, 0.6) is 5.75 Å². The van der Waals surface area contributed by atoms with Gasteiger partial charge in [-0.1, -0.05) is 30.3 Å². The third-order valence-electron chi connectivity index (χ3n) is 4.69. The molecule has 1 aromatic heterocycles. The SMILES string of the molecule is N[C@H](CCc1ccccc1)C(=O)Nc1ccc2oc(-c3ccc(O)cc3)nc2c1. The number of aryl methyl sites for hydroxylation is 1. The molecule has 4 aromatic rings. The van der Waals surface area contributed by atoms with Gasteiger partial charge in [0, 0.05) is 11.3 Å². The number of rotatable bonds is 6. The van der Waals surface area contributed by atoms with Gasteiger partial charge in [-0.2, -0.15) is 0 Å². The Morgan fingerprint density at radius 3 is 2.59 bits per heavy atom. The second-order valence-electron chi connectivity index (χ2n) is 6.87. The Bertz CT molecular complexity index is 1120. The molecule has 0 bridgehead atoms. The van der Waals surface area contributed by atoms with E-state index in [2.05, 4.69) is 10.3 Å². The van der Waals surface area contributed by atoms with Crippen molar-refractivity contribution in [3.8, 4) is 17.2 Å². The maximum absolute atomic E-state index is 12.4. The summed E-state index contributed by atoms with van der Waals surface area (Å²) in [5.74, 6) is 0.393. The normalized spacial score (nSPS) is 12.0. The monoisotopic (exact) mass is 387 g/mol. The number of aromatic nitrogens is 1. The van der Waals surface area contributed by atoms with Crippen molar-refractivity contribution in [2.24, 2.45) is 5.73 Å². The van der Waals surface area contributed by atoms with E-state index in [4.69, 9.17) is 10.2 Å². The standard InChI is InChI=1S/C23H21N3O3/c24-19(12-6-15-4-2-1-3-5-15)22(28)25-17-9-13-21-20(14-17)26-23(29-21)16-7-10-18(27)11-8-16/h1-5,7-11,13-14,19,27H,6,12,24H2,(H,25,28)/t19-/m1/s1. The highest BCUT2D eigenvalue weighted by atomic mass is 16.3. The van der Waals surface area contributed by atoms with Gasteiger partial charge in [-0.3, -0.25) is 4.79 Å². The highest BCUT2D eigenvalue weighted by Gasteiger charge is 2.15. The third kappa shape index (κ3) is 4.44. The molecule has 1 atom stereocenters. The fourth-order valence-corrected chi connectivity index (χ4v) is 3.07. The van der Waals surface area contributed by atoms with Crippen LogP contribution in [0.4, 0.5) is 5.69 Å². The van der Waals surface area contributed by atoms with Crippen molar-refractivity contribution >= 4 is 22.7 Å². The van der Waals surface area contributed by atoms with Crippen molar-refractivity contribution in [3.63, 3.8) is 0 Å². The van der Waals surface area contributed by atoms with Crippen molar-refractivity contribution in [1.82, 2.24) is 4.98 Å². The van der Waals surface area contributed by atoms with Gasteiger partial charge in [-0.15, -0.1) is 0 Å². The lowest BCUT2D eigenvalue weighted by molar-refractivity contribution is -0.117. The molecule has 4 rings (SSSR count). The fraction of sp³-hybridized carbons (Fsp3) is 0.130. The number of aromatic hydroxyl groups is 1. The van der Waals surface area contributed by atoms with E-state index in [9.17, 15) is 9.90 Å². The molecule has 0 aliphatic heterocycles. The second kappa shape index (κ2) is 8.16. The molecule has 6 nitrogen and oxygen atoms in total. The van der Waals surface area contributed by atoms with Gasteiger partial charge in [0.05, 0.1) is 6.04 Å². The van der Waals surface area contributed by atoms with E-state index < -0.39 is 6.04 Å². The Kier molecular flexibility index (Phi) is 5.27. The minimum Gasteiger partial charge on any atom is -0.508 e. The van der Waals surface area contributed by atoms with Crippen LogP contribution < -0.4 is 11.1 Å². The van der Waals surface area contributed by atoms with Crippen LogP contribution >= 0.6 is 0 Å². The number of benzene rings is 3. The first-order chi connectivity index (χ1) is 14.1. The molecular formula is C23H21N3O3. The minimum atomic E-state index is -0.601. The summed E-state index contributed by atoms with van der Waals surface area (Å²) in [6, 6.07) is 21.2. The van der Waals surface area contributed by atoms with Gasteiger partial charge < -0.3 is 20.6 Å². The average Bonchev–Trinajstić information content (AvgIpc) is 3.16. The molecule has 0 saturated heterocycles. The molecule has 6 heteroatoms. The van der Waals surface area contributed by atoms with Crippen LogP contribution in [0.25, 0.3) is 22.6 Å². The van der Waals surface area contributed by atoms with Crippen molar-refractivity contribution < 1.29 is 14.3 Å². The van der Waals surface area contributed by atoms with E-state index in [1.807, 2.05) is 30.3 Å². The number of anilines is 1. The zero-order chi connectivity index (χ0) is 20.2. The molecule has 0 unspecified atom stereocenters. The van der Waals surface area contributed by atoms with E-state index in [-0.39, 0.29) is 11.7 Å². The molecule has 1 heterocycles. The quantitative estimate of drug-likeness (QED) is 0.462. The lowest BCUT2D eigenvalue weighted by atomic mass is 10.1. The van der Waals surface area contributed by atoms with Crippen LogP contribution in [-0.4, -0.2) is 22.0 Å². The molecule has 4 N–H and O–H groups in total. The smallest absolute Gasteiger partial charge is 0.241 e. The molecule has 0 aliphatic rings. The zero-order valence-electron chi connectivity index (χ0n) is 15.7. The summed E-state index contributed by atoms with van der Waals surface area (Å²) < 4.78 is 5.76. The van der Waals surface area contributed by atoms with Gasteiger partial charge in [-0.25, -0.2) is 4.98 Å². The number of carbonyl (C=O) groups excluding carboxylic acids is 1. The van der Waals surface area contributed by atoms with Crippen molar-refractivity contribution in [1.29, 1.82) is 0 Å². The highest BCUT2D eigenvalue weighted by Crippen LogP contribution is 2.27. The van der Waals surface area contributed by atoms with Gasteiger partial charge >= 0.3 is 0 Å². The molecule has 0 radical (unpaired) electrons. The first-order valence-electron chi connectivity index (χ1n) is 9.39. The van der Waals surface area contributed by atoms with Crippen LogP contribution in [0.2, 0.25) is 0 Å². The Morgan fingerprint density at radius 2 is 1.83 bits per heavy atom. The van der Waals surface area contributed by atoms with Crippen LogP contribution in [0.15, 0.2) is 77.2 Å². The maximum atomic E-state index is 12.4. The Labute approximate surface area is 168 Å². The number of hydrogen-bond acceptors (Lipinski definition) is 5. The first-order valence-corrected chi connectivity index (χ1v) is 9.39. The lowest BCUT2D eigenvalue weighted by Gasteiger charge is -2.12. The number of phenols is 1. The lowest BCUT2D eigenvalue weighted by Crippen LogP contribution is -2.36. The molecular weight excluding hydrogens is 366 g/mol. The van der Waals surface area contributed by atoms with E-state index >= 15 is 0 Å². The number of nitrogens with two attached hydrogens (primary N) is 1. The number of hydrogen-bond donors (Lipinski definition) is 3. The summed E-state index contributed by atoms with van der Waals surface area (Å²) in [5, 5.41) is 12.3. The third-order valence-corrected chi connectivity index (χ3v) is 4.69. The summed E-state index contributed by atoms with van der Waals surface area (Å²) in [7, 11) is 0. The number of nitrogens with one attached hydrogen (secondary N) is 1. The average molecular weight is 387 g/mol. The number of phenolic OH excluding ortho intramolecular Hbond substituents is 1. The number of oxazole rings is 1. The predicted molar refractivity (Wildman–Crippen MR) is 112 cm³/mol. The highest BCUT2D eigenvalue weighted by molar-refractivity contribution is 5.96. The molecule has 1 amide bonds. The summed E-state index contributed by atoms with van der Waals surface area (Å²) in [6.45, 7) is 0. The number of nitrogens with zero attached hydrogens (tertiary/aromatic N) is 1. The molecule has 29 heavy (non-hydrogen) atoms. The van der Waals surface area contributed by atoms with Crippen LogP contribution in [-0.2, 0) is 11.2 Å². The fourth-order valence-electron chi connectivity index (χ4n) is 3.07. The van der Waals surface area contributed by atoms with E-state index in [0.717, 1.165) is 17.5 Å². The van der Waals surface area contributed by atoms with E-state index in [1.54, 1.807) is 42.5 Å². The van der Waals surface area contributed by atoms with Crippen molar-refractivity contribution in [2.75, 3.05) is 5.32 Å². The van der Waals surface area contributed by atoms with E-state index in [1.165, 1.54) is 0 Å². The van der Waals surface area contributed by atoms with E-state index in [0.29, 0.717) is 29.1 Å². The van der Waals surface area contributed by atoms with Gasteiger partial charge in [0.1, 0.15) is 11.3 Å². The van der Waals surface area contributed by atoms with Gasteiger partial charge in [0.15, 0.2) is 5.58 Å². The van der Waals surface area contributed by atoms with Crippen molar-refractivity contribution in [2.45, 2.75) is 18.9 Å². The van der Waals surface area contributed by atoms with Gasteiger partial charge in [0.25, 0.3) is 0 Å². The number of amides is 1. The summed E-state index contributed by atoms with van der Waals surface area (Å²) >= 11 is 0. The summed E-state index contributed by atoms with van der Waals surface area (Å²) in [6.07, 6.45) is 1.31. The van der Waals surface area contributed by atoms with Gasteiger partial charge in [-0.05, 0) is 60.9 Å². The molecule has 0 aliphatic carbocycles. The topological polar surface area (TPSA) is 101 Å². The Morgan fingerprint density at radius 1 is 1.07 bits per heavy atom. The van der Waals surface area contributed by atoms with Crippen molar-refractivity contribution in [3.05, 3.63) is 78.4 Å². The molecule has 0 saturated carbocycles. The molecule has 0 fully saturated rings. The first kappa shape index (κ1) is 18.7. The number of carbonyl (C=O) groups is 1. The molecule has 0 spiro atoms. The van der Waals surface area contributed by atoms with Crippen LogP contribution in [0.1, 0.15) is 12.0 Å². The largest absolute Gasteiger partial charge is 0.508 e. The predicted octanol–water partition coefficient (Wildman–Crippen LogP) is 4.10. The molecule has 3 aromatic carbocycles. The minimum absolute atomic E-state index is 0.179. The Hall–Kier alpha value is -3.64. The Balaban J connectivity index is 1.43. The summed E-state index contributed by atoms with van der Waals surface area (Å²) in [4.78, 5) is 16.9. The zero-order valence-corrected chi connectivity index (χ0v) is 15.7. The summed E-state index contributed by atoms with van der Waals surface area (Å²) in [5.41, 5.74) is 9.82. The second-order valence-corrected chi connectivity index (χ2v) is 6.87. The van der Waals surface area contributed by atoms with Crippen LogP contribution in [0.3, 0.4) is 0 Å². The molecule has 146 valence electrons. The van der Waals surface area contributed by atoms with Crippen LogP contribution in [0, 0.1) is 0 Å². The maximum Gasteiger partial charge on any atom is 0.241 e.